The van der Waals surface area contributed by atoms with Crippen LogP contribution in [0.15, 0.2) is 46.9 Å². The maximum atomic E-state index is 12.0. The number of carbonyl (C=O) groups is 1. The second-order valence-electron chi connectivity index (χ2n) is 5.02. The van der Waals surface area contributed by atoms with Crippen LogP contribution in [-0.2, 0) is 11.2 Å². The van der Waals surface area contributed by atoms with E-state index >= 15 is 0 Å². The van der Waals surface area contributed by atoms with Crippen LogP contribution in [0.5, 0.6) is 17.2 Å². The van der Waals surface area contributed by atoms with Gasteiger partial charge in [0.2, 0.25) is 5.91 Å². The molecule has 0 aliphatic carbocycles. The summed E-state index contributed by atoms with van der Waals surface area (Å²) < 4.78 is 16.9. The second-order valence-corrected chi connectivity index (χ2v) is 5.94. The van der Waals surface area contributed by atoms with Crippen LogP contribution in [0.2, 0.25) is 0 Å². The molecule has 128 valence electrons. The molecule has 6 heteroatoms. The highest BCUT2D eigenvalue weighted by Crippen LogP contribution is 2.27. The molecule has 0 aliphatic heterocycles. The van der Waals surface area contributed by atoms with Crippen LogP contribution in [0.4, 0.5) is 0 Å². The molecular weight excluding hydrogens is 374 g/mol. The van der Waals surface area contributed by atoms with Crippen molar-refractivity contribution >= 4 is 21.8 Å². The standard InChI is InChI=1S/C18H20BrNO4/c1-22-16-7-6-13(10-17(16)23-2)11-18(21)20-8-9-24-15-5-3-4-14(19)12-15/h3-7,10,12H,8-9,11H2,1-2H3,(H,20,21). The minimum absolute atomic E-state index is 0.0694. The summed E-state index contributed by atoms with van der Waals surface area (Å²) in [5.74, 6) is 1.95. The highest BCUT2D eigenvalue weighted by Gasteiger charge is 2.08. The van der Waals surface area contributed by atoms with Gasteiger partial charge < -0.3 is 19.5 Å². The zero-order valence-electron chi connectivity index (χ0n) is 13.7. The van der Waals surface area contributed by atoms with Gasteiger partial charge in [0.25, 0.3) is 0 Å². The molecular formula is C18H20BrNO4. The maximum absolute atomic E-state index is 12.0. The van der Waals surface area contributed by atoms with Gasteiger partial charge in [-0.25, -0.2) is 0 Å². The third-order valence-corrected chi connectivity index (χ3v) is 3.79. The van der Waals surface area contributed by atoms with E-state index in [1.165, 1.54) is 0 Å². The normalized spacial score (nSPS) is 10.1. The predicted molar refractivity (Wildman–Crippen MR) is 95.9 cm³/mol. The number of nitrogens with one attached hydrogen (secondary N) is 1. The molecule has 1 N–H and O–H groups in total. The lowest BCUT2D eigenvalue weighted by molar-refractivity contribution is -0.120. The van der Waals surface area contributed by atoms with E-state index in [0.717, 1.165) is 15.8 Å². The van der Waals surface area contributed by atoms with E-state index in [0.29, 0.717) is 24.7 Å². The van der Waals surface area contributed by atoms with Crippen molar-refractivity contribution in [3.8, 4) is 17.2 Å². The minimum atomic E-state index is -0.0694. The number of halogens is 1. The van der Waals surface area contributed by atoms with E-state index < -0.39 is 0 Å². The number of methoxy groups -OCH3 is 2. The molecule has 0 saturated heterocycles. The first kappa shape index (κ1) is 18.1. The maximum Gasteiger partial charge on any atom is 0.224 e. The van der Waals surface area contributed by atoms with Gasteiger partial charge in [0, 0.05) is 4.47 Å². The van der Waals surface area contributed by atoms with Gasteiger partial charge in [0.05, 0.1) is 27.2 Å². The van der Waals surface area contributed by atoms with E-state index in [4.69, 9.17) is 14.2 Å². The lowest BCUT2D eigenvalue weighted by Crippen LogP contribution is -2.29. The molecule has 2 rings (SSSR count). The Morgan fingerprint density at radius 3 is 2.58 bits per heavy atom. The summed E-state index contributed by atoms with van der Waals surface area (Å²) in [5, 5.41) is 2.83. The van der Waals surface area contributed by atoms with Gasteiger partial charge in [0.15, 0.2) is 11.5 Å². The fraction of sp³-hybridized carbons (Fsp3) is 0.278. The first-order chi connectivity index (χ1) is 11.6. The number of ether oxygens (including phenoxy) is 3. The van der Waals surface area contributed by atoms with E-state index in [9.17, 15) is 4.79 Å². The molecule has 0 heterocycles. The van der Waals surface area contributed by atoms with Crippen LogP contribution in [0.3, 0.4) is 0 Å². The third kappa shape index (κ3) is 5.45. The van der Waals surface area contributed by atoms with Crippen molar-refractivity contribution in [2.45, 2.75) is 6.42 Å². The number of carbonyl (C=O) groups excluding carboxylic acids is 1. The predicted octanol–water partition coefficient (Wildman–Crippen LogP) is 3.20. The molecule has 0 radical (unpaired) electrons. The Hall–Kier alpha value is -2.21. The summed E-state index contributed by atoms with van der Waals surface area (Å²) in [6.07, 6.45) is 0.275. The van der Waals surface area contributed by atoms with Crippen LogP contribution < -0.4 is 19.5 Å². The quantitative estimate of drug-likeness (QED) is 0.699. The monoisotopic (exact) mass is 393 g/mol. The van der Waals surface area contributed by atoms with Crippen LogP contribution in [0, 0.1) is 0 Å². The summed E-state index contributed by atoms with van der Waals surface area (Å²) in [6, 6.07) is 13.0. The van der Waals surface area contributed by atoms with Crippen molar-refractivity contribution in [2.75, 3.05) is 27.4 Å². The summed E-state index contributed by atoms with van der Waals surface area (Å²) >= 11 is 3.38. The Bertz CT molecular complexity index is 690. The Balaban J connectivity index is 1.77. The molecule has 5 nitrogen and oxygen atoms in total. The van der Waals surface area contributed by atoms with Gasteiger partial charge in [0.1, 0.15) is 12.4 Å². The van der Waals surface area contributed by atoms with Crippen LogP contribution in [-0.4, -0.2) is 33.3 Å². The molecule has 24 heavy (non-hydrogen) atoms. The SMILES string of the molecule is COc1ccc(CC(=O)NCCOc2cccc(Br)c2)cc1OC. The Morgan fingerprint density at radius 2 is 1.88 bits per heavy atom. The minimum Gasteiger partial charge on any atom is -0.493 e. The molecule has 2 aromatic carbocycles. The van der Waals surface area contributed by atoms with Crippen molar-refractivity contribution in [1.29, 1.82) is 0 Å². The highest BCUT2D eigenvalue weighted by atomic mass is 79.9. The van der Waals surface area contributed by atoms with E-state index in [2.05, 4.69) is 21.2 Å². The van der Waals surface area contributed by atoms with Crippen molar-refractivity contribution in [3.05, 3.63) is 52.5 Å². The van der Waals surface area contributed by atoms with E-state index in [1.54, 1.807) is 26.4 Å². The molecule has 0 aromatic heterocycles. The van der Waals surface area contributed by atoms with Gasteiger partial charge in [-0.2, -0.15) is 0 Å². The number of amides is 1. The molecule has 0 spiro atoms. The summed E-state index contributed by atoms with van der Waals surface area (Å²) in [4.78, 5) is 12.0. The highest BCUT2D eigenvalue weighted by molar-refractivity contribution is 9.10. The second kappa shape index (κ2) is 9.17. The van der Waals surface area contributed by atoms with Crippen LogP contribution in [0.1, 0.15) is 5.56 Å². The fourth-order valence-electron chi connectivity index (χ4n) is 2.15. The van der Waals surface area contributed by atoms with Gasteiger partial charge in [-0.1, -0.05) is 28.1 Å². The molecule has 1 amide bonds. The number of hydrogen-bond acceptors (Lipinski definition) is 4. The van der Waals surface area contributed by atoms with Gasteiger partial charge in [-0.15, -0.1) is 0 Å². The van der Waals surface area contributed by atoms with Gasteiger partial charge in [-0.05, 0) is 35.9 Å². The van der Waals surface area contributed by atoms with Gasteiger partial charge >= 0.3 is 0 Å². The Morgan fingerprint density at radius 1 is 1.08 bits per heavy atom. The molecule has 0 atom stereocenters. The third-order valence-electron chi connectivity index (χ3n) is 3.30. The van der Waals surface area contributed by atoms with Crippen molar-refractivity contribution in [2.24, 2.45) is 0 Å². The molecule has 2 aromatic rings. The lowest BCUT2D eigenvalue weighted by atomic mass is 10.1. The summed E-state index contributed by atoms with van der Waals surface area (Å²) in [7, 11) is 3.15. The smallest absolute Gasteiger partial charge is 0.224 e. The summed E-state index contributed by atoms with van der Waals surface area (Å²) in [6.45, 7) is 0.854. The lowest BCUT2D eigenvalue weighted by Gasteiger charge is -2.10. The Labute approximate surface area is 150 Å². The zero-order valence-corrected chi connectivity index (χ0v) is 15.3. The number of hydrogen-bond donors (Lipinski definition) is 1. The topological polar surface area (TPSA) is 56.8 Å². The molecule has 0 unspecified atom stereocenters. The van der Waals surface area contributed by atoms with Crippen molar-refractivity contribution < 1.29 is 19.0 Å². The number of rotatable bonds is 8. The van der Waals surface area contributed by atoms with Crippen molar-refractivity contribution in [3.63, 3.8) is 0 Å². The van der Waals surface area contributed by atoms with Crippen molar-refractivity contribution in [1.82, 2.24) is 5.32 Å². The fourth-order valence-corrected chi connectivity index (χ4v) is 2.53. The first-order valence-electron chi connectivity index (χ1n) is 7.48. The first-order valence-corrected chi connectivity index (χ1v) is 8.27. The van der Waals surface area contributed by atoms with Gasteiger partial charge in [-0.3, -0.25) is 4.79 Å². The zero-order chi connectivity index (χ0) is 17.4. The largest absolute Gasteiger partial charge is 0.493 e. The Kier molecular flexibility index (Phi) is 6.93. The van der Waals surface area contributed by atoms with E-state index in [1.807, 2.05) is 30.3 Å². The number of benzene rings is 2. The van der Waals surface area contributed by atoms with Crippen LogP contribution >= 0.6 is 15.9 Å². The molecule has 0 fully saturated rings. The molecule has 0 bridgehead atoms. The average molecular weight is 394 g/mol. The summed E-state index contributed by atoms with van der Waals surface area (Å²) in [5.41, 5.74) is 0.859. The molecule has 0 aliphatic rings. The average Bonchev–Trinajstić information content (AvgIpc) is 2.58. The van der Waals surface area contributed by atoms with E-state index in [-0.39, 0.29) is 12.3 Å². The molecule has 0 saturated carbocycles. The van der Waals surface area contributed by atoms with Crippen LogP contribution in [0.25, 0.3) is 0 Å².